The third-order valence-electron chi connectivity index (χ3n) is 2.58. The van der Waals surface area contributed by atoms with E-state index < -0.39 is 17.4 Å². The zero-order valence-electron chi connectivity index (χ0n) is 10.0. The molecule has 0 amide bonds. The van der Waals surface area contributed by atoms with Crippen LogP contribution in [0.4, 0.5) is 4.39 Å². The first kappa shape index (κ1) is 12.9. The maximum Gasteiger partial charge on any atom is 0.232 e. The number of carbonyl (C=O) groups excluding carboxylic acids is 2. The fraction of sp³-hybridized carbons (Fsp3) is 0. The summed E-state index contributed by atoms with van der Waals surface area (Å²) in [4.78, 5) is 23.4. The first-order valence-corrected chi connectivity index (χ1v) is 5.75. The normalized spacial score (nSPS) is 10.6. The van der Waals surface area contributed by atoms with Gasteiger partial charge in [0.25, 0.3) is 0 Å². The summed E-state index contributed by atoms with van der Waals surface area (Å²) in [5.74, 6) is -1.71. The standard InChI is InChI=1S/C16H11FO2/c17-14-9-5-4-6-12(14)10-11-15(18)16(19)13-7-2-1-3-8-13/h1-11H/b11-10+. The molecule has 0 radical (unpaired) electrons. The highest BCUT2D eigenvalue weighted by atomic mass is 19.1. The molecule has 0 atom stereocenters. The Morgan fingerprint density at radius 2 is 1.53 bits per heavy atom. The summed E-state index contributed by atoms with van der Waals surface area (Å²) in [6.45, 7) is 0. The Hall–Kier alpha value is -2.55. The average molecular weight is 254 g/mol. The van der Waals surface area contributed by atoms with Crippen LogP contribution in [-0.4, -0.2) is 11.6 Å². The molecule has 2 aromatic rings. The Morgan fingerprint density at radius 1 is 0.895 bits per heavy atom. The van der Waals surface area contributed by atoms with Gasteiger partial charge in [0.15, 0.2) is 0 Å². The quantitative estimate of drug-likeness (QED) is 0.476. The van der Waals surface area contributed by atoms with Crippen LogP contribution in [0.3, 0.4) is 0 Å². The molecular weight excluding hydrogens is 243 g/mol. The summed E-state index contributed by atoms with van der Waals surface area (Å²) in [5, 5.41) is 0. The average Bonchev–Trinajstić information content (AvgIpc) is 2.46. The molecule has 0 aliphatic rings. The van der Waals surface area contributed by atoms with E-state index in [0.717, 1.165) is 6.08 Å². The highest BCUT2D eigenvalue weighted by Crippen LogP contribution is 2.09. The van der Waals surface area contributed by atoms with E-state index in [1.807, 2.05) is 0 Å². The van der Waals surface area contributed by atoms with Crippen molar-refractivity contribution < 1.29 is 14.0 Å². The zero-order valence-corrected chi connectivity index (χ0v) is 10.0. The Labute approximate surface area is 110 Å². The molecular formula is C16H11FO2. The molecule has 0 saturated carbocycles. The van der Waals surface area contributed by atoms with Crippen LogP contribution in [0.2, 0.25) is 0 Å². The lowest BCUT2D eigenvalue weighted by Crippen LogP contribution is -2.10. The Bertz CT molecular complexity index is 630. The van der Waals surface area contributed by atoms with Crippen molar-refractivity contribution in [2.24, 2.45) is 0 Å². The second kappa shape index (κ2) is 5.87. The van der Waals surface area contributed by atoms with E-state index in [9.17, 15) is 14.0 Å². The topological polar surface area (TPSA) is 34.1 Å². The Balaban J connectivity index is 2.14. The van der Waals surface area contributed by atoms with Crippen molar-refractivity contribution in [1.82, 2.24) is 0 Å². The molecule has 94 valence electrons. The molecule has 0 N–H and O–H groups in total. The van der Waals surface area contributed by atoms with Crippen LogP contribution in [0.25, 0.3) is 6.08 Å². The summed E-state index contributed by atoms with van der Waals surface area (Å²) in [6.07, 6.45) is 2.40. The van der Waals surface area contributed by atoms with Gasteiger partial charge in [-0.25, -0.2) is 4.39 Å². The molecule has 19 heavy (non-hydrogen) atoms. The lowest BCUT2D eigenvalue weighted by atomic mass is 10.1. The molecule has 0 unspecified atom stereocenters. The van der Waals surface area contributed by atoms with Crippen LogP contribution in [0.5, 0.6) is 0 Å². The van der Waals surface area contributed by atoms with Crippen molar-refractivity contribution in [1.29, 1.82) is 0 Å². The van der Waals surface area contributed by atoms with Gasteiger partial charge in [-0.3, -0.25) is 9.59 Å². The maximum absolute atomic E-state index is 13.3. The van der Waals surface area contributed by atoms with E-state index in [1.54, 1.807) is 42.5 Å². The monoisotopic (exact) mass is 254 g/mol. The molecule has 0 heterocycles. The second-order valence-electron chi connectivity index (χ2n) is 3.91. The van der Waals surface area contributed by atoms with E-state index in [4.69, 9.17) is 0 Å². The number of ketones is 2. The van der Waals surface area contributed by atoms with Crippen molar-refractivity contribution in [3.8, 4) is 0 Å². The number of halogens is 1. The summed E-state index contributed by atoms with van der Waals surface area (Å²) in [7, 11) is 0. The van der Waals surface area contributed by atoms with Gasteiger partial charge in [-0.1, -0.05) is 48.5 Å². The predicted molar refractivity (Wildman–Crippen MR) is 71.2 cm³/mol. The summed E-state index contributed by atoms with van der Waals surface area (Å²) < 4.78 is 13.3. The van der Waals surface area contributed by atoms with Crippen LogP contribution in [0.1, 0.15) is 15.9 Å². The van der Waals surface area contributed by atoms with Crippen molar-refractivity contribution in [3.63, 3.8) is 0 Å². The minimum atomic E-state index is -0.672. The highest BCUT2D eigenvalue weighted by molar-refractivity contribution is 6.48. The van der Waals surface area contributed by atoms with Crippen LogP contribution in [0, 0.1) is 5.82 Å². The van der Waals surface area contributed by atoms with Crippen LogP contribution in [0.15, 0.2) is 60.7 Å². The van der Waals surface area contributed by atoms with Crippen LogP contribution >= 0.6 is 0 Å². The molecule has 0 fully saturated rings. The number of hydrogen-bond donors (Lipinski definition) is 0. The first-order valence-electron chi connectivity index (χ1n) is 5.75. The van der Waals surface area contributed by atoms with E-state index in [1.165, 1.54) is 18.2 Å². The van der Waals surface area contributed by atoms with Crippen molar-refractivity contribution in [2.45, 2.75) is 0 Å². The van der Waals surface area contributed by atoms with Crippen molar-refractivity contribution >= 4 is 17.6 Å². The minimum absolute atomic E-state index is 0.275. The van der Waals surface area contributed by atoms with Gasteiger partial charge in [0.1, 0.15) is 5.82 Å². The molecule has 0 aromatic heterocycles. The molecule has 0 bridgehead atoms. The lowest BCUT2D eigenvalue weighted by molar-refractivity contribution is -0.110. The number of Topliss-reactive ketones (excluding diaryl/α,β-unsaturated/α-hetero) is 1. The van der Waals surface area contributed by atoms with Crippen molar-refractivity contribution in [3.05, 3.63) is 77.6 Å². The minimum Gasteiger partial charge on any atom is -0.286 e. The Morgan fingerprint density at radius 3 is 2.21 bits per heavy atom. The van der Waals surface area contributed by atoms with Gasteiger partial charge in [-0.05, 0) is 18.2 Å². The van der Waals surface area contributed by atoms with Crippen LogP contribution < -0.4 is 0 Å². The van der Waals surface area contributed by atoms with Gasteiger partial charge in [0.2, 0.25) is 11.6 Å². The number of benzene rings is 2. The number of carbonyl (C=O) groups is 2. The third kappa shape index (κ3) is 3.22. The lowest BCUT2D eigenvalue weighted by Gasteiger charge is -1.97. The number of rotatable bonds is 4. The first-order chi connectivity index (χ1) is 9.18. The summed E-state index contributed by atoms with van der Waals surface area (Å²) >= 11 is 0. The Kier molecular flexibility index (Phi) is 3.98. The highest BCUT2D eigenvalue weighted by Gasteiger charge is 2.12. The molecule has 2 nitrogen and oxygen atoms in total. The van der Waals surface area contributed by atoms with Gasteiger partial charge in [0, 0.05) is 11.1 Å². The van der Waals surface area contributed by atoms with Crippen LogP contribution in [-0.2, 0) is 4.79 Å². The fourth-order valence-electron chi connectivity index (χ4n) is 1.58. The predicted octanol–water partition coefficient (Wildman–Crippen LogP) is 3.29. The largest absolute Gasteiger partial charge is 0.286 e. The van der Waals surface area contributed by atoms with Gasteiger partial charge in [-0.2, -0.15) is 0 Å². The summed E-state index contributed by atoms with van der Waals surface area (Å²) in [5.41, 5.74) is 0.599. The molecule has 0 aliphatic heterocycles. The van der Waals surface area contributed by atoms with E-state index in [2.05, 4.69) is 0 Å². The molecule has 0 saturated heterocycles. The molecule has 0 spiro atoms. The molecule has 0 aliphatic carbocycles. The summed E-state index contributed by atoms with van der Waals surface area (Å²) in [6, 6.07) is 14.3. The smallest absolute Gasteiger partial charge is 0.232 e. The SMILES string of the molecule is O=C(/C=C/c1ccccc1F)C(=O)c1ccccc1. The van der Waals surface area contributed by atoms with Gasteiger partial charge in [-0.15, -0.1) is 0 Å². The number of hydrogen-bond acceptors (Lipinski definition) is 2. The van der Waals surface area contributed by atoms with E-state index in [0.29, 0.717) is 5.56 Å². The van der Waals surface area contributed by atoms with Gasteiger partial charge < -0.3 is 0 Å². The molecule has 2 aromatic carbocycles. The van der Waals surface area contributed by atoms with E-state index >= 15 is 0 Å². The van der Waals surface area contributed by atoms with Gasteiger partial charge in [0.05, 0.1) is 0 Å². The zero-order chi connectivity index (χ0) is 13.7. The fourth-order valence-corrected chi connectivity index (χ4v) is 1.58. The second-order valence-corrected chi connectivity index (χ2v) is 3.91. The van der Waals surface area contributed by atoms with Crippen molar-refractivity contribution in [2.75, 3.05) is 0 Å². The van der Waals surface area contributed by atoms with E-state index in [-0.39, 0.29) is 5.56 Å². The molecule has 2 rings (SSSR count). The molecule has 3 heteroatoms. The number of allylic oxidation sites excluding steroid dienone is 1. The third-order valence-corrected chi connectivity index (χ3v) is 2.58. The maximum atomic E-state index is 13.3. The van der Waals surface area contributed by atoms with Gasteiger partial charge >= 0.3 is 0 Å².